The first kappa shape index (κ1) is 21.2. The molecule has 0 N–H and O–H groups in total. The van der Waals surface area contributed by atoms with Gasteiger partial charge in [-0.25, -0.2) is 0 Å². The van der Waals surface area contributed by atoms with Crippen LogP contribution in [0.3, 0.4) is 0 Å². The van der Waals surface area contributed by atoms with E-state index in [-0.39, 0.29) is 5.78 Å². The summed E-state index contributed by atoms with van der Waals surface area (Å²) in [6, 6.07) is 23.4. The number of aromatic nitrogens is 2. The first-order valence-corrected chi connectivity index (χ1v) is 10.5. The maximum absolute atomic E-state index is 13.8. The zero-order chi connectivity index (χ0) is 22.7. The Morgan fingerprint density at radius 3 is 1.47 bits per heavy atom. The fraction of sp³-hybridized carbons (Fsp3) is 0.148. The third-order valence-corrected chi connectivity index (χ3v) is 5.38. The number of hydrogen-bond donors (Lipinski definition) is 0. The lowest BCUT2D eigenvalue weighted by atomic mass is 9.95. The molecular formula is C27H26N4O. The van der Waals surface area contributed by atoms with Gasteiger partial charge in [0.05, 0.1) is 11.4 Å². The number of anilines is 2. The Balaban J connectivity index is 1.81. The SMILES string of the molecule is CN(C)c1cccc(-c2ncccc2C(=O)c2cccnc2-c2cccc(N(C)C)c2)c1. The lowest BCUT2D eigenvalue weighted by Crippen LogP contribution is -2.10. The Labute approximate surface area is 189 Å². The van der Waals surface area contributed by atoms with Gasteiger partial charge < -0.3 is 9.80 Å². The normalized spacial score (nSPS) is 10.6. The van der Waals surface area contributed by atoms with Crippen LogP contribution in [0.1, 0.15) is 15.9 Å². The van der Waals surface area contributed by atoms with Crippen LogP contribution in [-0.2, 0) is 0 Å². The predicted molar refractivity (Wildman–Crippen MR) is 131 cm³/mol. The van der Waals surface area contributed by atoms with Crippen LogP contribution in [0.4, 0.5) is 11.4 Å². The van der Waals surface area contributed by atoms with Gasteiger partial charge in [-0.1, -0.05) is 24.3 Å². The third kappa shape index (κ3) is 4.23. The van der Waals surface area contributed by atoms with Gasteiger partial charge >= 0.3 is 0 Å². The van der Waals surface area contributed by atoms with Crippen molar-refractivity contribution in [3.63, 3.8) is 0 Å². The van der Waals surface area contributed by atoms with Crippen LogP contribution in [-0.4, -0.2) is 43.9 Å². The molecule has 2 heterocycles. The molecule has 4 aromatic rings. The number of carbonyl (C=O) groups is 1. The molecule has 2 aromatic heterocycles. The van der Waals surface area contributed by atoms with Gasteiger partial charge in [0.25, 0.3) is 0 Å². The van der Waals surface area contributed by atoms with E-state index in [4.69, 9.17) is 0 Å². The van der Waals surface area contributed by atoms with Crippen molar-refractivity contribution in [1.82, 2.24) is 9.97 Å². The van der Waals surface area contributed by atoms with Gasteiger partial charge in [0.15, 0.2) is 5.78 Å². The first-order valence-electron chi connectivity index (χ1n) is 10.5. The summed E-state index contributed by atoms with van der Waals surface area (Å²) in [6.45, 7) is 0. The van der Waals surface area contributed by atoms with Crippen molar-refractivity contribution in [3.8, 4) is 22.5 Å². The van der Waals surface area contributed by atoms with Crippen LogP contribution >= 0.6 is 0 Å². The van der Waals surface area contributed by atoms with Crippen molar-refractivity contribution >= 4 is 17.2 Å². The van der Waals surface area contributed by atoms with Crippen molar-refractivity contribution < 1.29 is 4.79 Å². The average Bonchev–Trinajstić information content (AvgIpc) is 2.83. The average molecular weight is 423 g/mol. The fourth-order valence-electron chi connectivity index (χ4n) is 3.64. The van der Waals surface area contributed by atoms with Crippen molar-refractivity contribution in [3.05, 3.63) is 96.3 Å². The van der Waals surface area contributed by atoms with Crippen LogP contribution in [0.5, 0.6) is 0 Å². The zero-order valence-electron chi connectivity index (χ0n) is 18.8. The van der Waals surface area contributed by atoms with Gasteiger partial charge in [0, 0.05) is 74.2 Å². The number of nitrogens with zero attached hydrogens (tertiary/aromatic N) is 4. The molecule has 4 rings (SSSR count). The van der Waals surface area contributed by atoms with Crippen LogP contribution in [0.15, 0.2) is 85.2 Å². The molecule has 0 saturated carbocycles. The Morgan fingerprint density at radius 1 is 0.625 bits per heavy atom. The highest BCUT2D eigenvalue weighted by Crippen LogP contribution is 2.30. The van der Waals surface area contributed by atoms with Gasteiger partial charge in [-0.05, 0) is 48.5 Å². The largest absolute Gasteiger partial charge is 0.378 e. The number of ketones is 1. The molecule has 0 atom stereocenters. The van der Waals surface area contributed by atoms with Gasteiger partial charge in [-0.15, -0.1) is 0 Å². The van der Waals surface area contributed by atoms with Gasteiger partial charge in [0.2, 0.25) is 0 Å². The summed E-state index contributed by atoms with van der Waals surface area (Å²) in [7, 11) is 7.97. The number of carbonyl (C=O) groups excluding carboxylic acids is 1. The van der Waals surface area contributed by atoms with E-state index in [9.17, 15) is 4.79 Å². The smallest absolute Gasteiger partial charge is 0.197 e. The van der Waals surface area contributed by atoms with E-state index in [0.29, 0.717) is 22.5 Å². The van der Waals surface area contributed by atoms with E-state index in [0.717, 1.165) is 22.5 Å². The highest BCUT2D eigenvalue weighted by Gasteiger charge is 2.20. The standard InChI is InChI=1S/C27H26N4O/c1-30(2)21-11-5-9-19(17-21)25-23(13-7-15-28-25)27(32)24-14-8-16-29-26(24)20-10-6-12-22(18-20)31(3)4/h5-18H,1-4H3. The van der Waals surface area contributed by atoms with Crippen molar-refractivity contribution in [2.75, 3.05) is 38.0 Å². The van der Waals surface area contributed by atoms with E-state index in [1.165, 1.54) is 0 Å². The van der Waals surface area contributed by atoms with Crippen LogP contribution < -0.4 is 9.80 Å². The second kappa shape index (κ2) is 9.02. The zero-order valence-corrected chi connectivity index (χ0v) is 18.8. The molecule has 0 aliphatic carbocycles. The van der Waals surface area contributed by atoms with Crippen LogP contribution in [0, 0.1) is 0 Å². The molecule has 0 radical (unpaired) electrons. The minimum absolute atomic E-state index is 0.0956. The number of hydrogen-bond acceptors (Lipinski definition) is 5. The van der Waals surface area contributed by atoms with Gasteiger partial charge in [0.1, 0.15) is 0 Å². The number of benzene rings is 2. The van der Waals surface area contributed by atoms with E-state index in [1.807, 2.05) is 98.7 Å². The molecule has 5 heteroatoms. The highest BCUT2D eigenvalue weighted by molar-refractivity contribution is 6.15. The second-order valence-electron chi connectivity index (χ2n) is 8.02. The van der Waals surface area contributed by atoms with E-state index >= 15 is 0 Å². The minimum atomic E-state index is -0.0956. The summed E-state index contributed by atoms with van der Waals surface area (Å²) in [5.74, 6) is -0.0956. The summed E-state index contributed by atoms with van der Waals surface area (Å²) in [5.41, 5.74) is 6.35. The lowest BCUT2D eigenvalue weighted by molar-refractivity contribution is 0.103. The summed E-state index contributed by atoms with van der Waals surface area (Å²) >= 11 is 0. The molecule has 0 bridgehead atoms. The third-order valence-electron chi connectivity index (χ3n) is 5.38. The summed E-state index contributed by atoms with van der Waals surface area (Å²) in [5, 5.41) is 0. The Kier molecular flexibility index (Phi) is 5.99. The minimum Gasteiger partial charge on any atom is -0.378 e. The molecule has 160 valence electrons. The Bertz CT molecular complexity index is 1170. The molecule has 0 amide bonds. The van der Waals surface area contributed by atoms with Crippen molar-refractivity contribution in [2.45, 2.75) is 0 Å². The molecule has 0 aliphatic heterocycles. The predicted octanol–water partition coefficient (Wildman–Crippen LogP) is 5.17. The van der Waals surface area contributed by atoms with E-state index in [1.54, 1.807) is 24.5 Å². The molecule has 0 unspecified atom stereocenters. The highest BCUT2D eigenvalue weighted by atomic mass is 16.1. The van der Waals surface area contributed by atoms with Gasteiger partial charge in [-0.2, -0.15) is 0 Å². The molecule has 0 aliphatic rings. The molecule has 0 spiro atoms. The summed E-state index contributed by atoms with van der Waals surface area (Å²) in [4.78, 5) is 27.0. The van der Waals surface area contributed by atoms with Crippen LogP contribution in [0.25, 0.3) is 22.5 Å². The van der Waals surface area contributed by atoms with Gasteiger partial charge in [-0.3, -0.25) is 14.8 Å². The lowest BCUT2D eigenvalue weighted by Gasteiger charge is -2.16. The molecule has 5 nitrogen and oxygen atoms in total. The molecule has 0 saturated heterocycles. The van der Waals surface area contributed by atoms with Crippen molar-refractivity contribution in [1.29, 1.82) is 0 Å². The maximum Gasteiger partial charge on any atom is 0.197 e. The fourth-order valence-corrected chi connectivity index (χ4v) is 3.64. The van der Waals surface area contributed by atoms with E-state index < -0.39 is 0 Å². The quantitative estimate of drug-likeness (QED) is 0.401. The summed E-state index contributed by atoms with van der Waals surface area (Å²) in [6.07, 6.45) is 3.44. The molecule has 32 heavy (non-hydrogen) atoms. The van der Waals surface area contributed by atoms with Crippen LogP contribution in [0.2, 0.25) is 0 Å². The number of rotatable bonds is 6. The number of pyridine rings is 2. The monoisotopic (exact) mass is 422 g/mol. The Morgan fingerprint density at radius 2 is 1.06 bits per heavy atom. The molecular weight excluding hydrogens is 396 g/mol. The molecule has 0 fully saturated rings. The van der Waals surface area contributed by atoms with E-state index in [2.05, 4.69) is 9.97 Å². The summed E-state index contributed by atoms with van der Waals surface area (Å²) < 4.78 is 0. The first-order chi connectivity index (χ1) is 15.5. The van der Waals surface area contributed by atoms with Crippen molar-refractivity contribution in [2.24, 2.45) is 0 Å². The second-order valence-corrected chi connectivity index (χ2v) is 8.02. The topological polar surface area (TPSA) is 49.3 Å². The Hall–Kier alpha value is -3.99. The maximum atomic E-state index is 13.8. The molecule has 2 aromatic carbocycles.